The van der Waals surface area contributed by atoms with E-state index in [1.807, 2.05) is 0 Å². The van der Waals surface area contributed by atoms with Crippen LogP contribution in [0.2, 0.25) is 5.02 Å². The van der Waals surface area contributed by atoms with Crippen LogP contribution in [0.15, 0.2) is 24.4 Å². The highest BCUT2D eigenvalue weighted by molar-refractivity contribution is 7.91. The van der Waals surface area contributed by atoms with Gasteiger partial charge in [0, 0.05) is 22.2 Å². The van der Waals surface area contributed by atoms with Gasteiger partial charge in [0.05, 0.1) is 31.2 Å². The number of benzene rings is 1. The number of ether oxygens (including phenoxy) is 3. The molecule has 1 aromatic heterocycles. The second-order valence-corrected chi connectivity index (χ2v) is 17.9. The van der Waals surface area contributed by atoms with Crippen molar-refractivity contribution >= 4 is 56.2 Å². The van der Waals surface area contributed by atoms with E-state index in [0.717, 1.165) is 12.8 Å². The maximum absolute atomic E-state index is 14.4. The number of alkyl carbamates (subject to hydrolysis) is 1. The van der Waals surface area contributed by atoms with Crippen molar-refractivity contribution < 1.29 is 41.8 Å². The van der Waals surface area contributed by atoms with E-state index < -0.39 is 74.3 Å². The number of rotatable bonds is 12. The standard InChI is InChI=1S/C35H46ClN5O9S/c1-18(2)49-33(45)38-28(34(3,4)5)31(43)41-17-21(50-30-24-13-20(36)9-12-23(24)27(48-6)16-37-30)14-26(41)29(42)39-35(15-25(35)19-7-8-19)32(44)40-51(46,47)22-10-11-22/h9,12-13,16,18-19,21-22,25-26,28H,7-8,10-11,14-15,17H2,1-6H3,(H,38,45)(H,39,42)(H,40,44)/t21-,25+,26+,28-,35-/m1/s1. The van der Waals surface area contributed by atoms with E-state index in [1.165, 1.54) is 18.2 Å². The van der Waals surface area contributed by atoms with Crippen LogP contribution in [0.1, 0.15) is 73.1 Å². The number of nitrogens with zero attached hydrogens (tertiary/aromatic N) is 2. The van der Waals surface area contributed by atoms with Crippen molar-refractivity contribution in [2.45, 2.75) is 108 Å². The molecule has 2 heterocycles. The van der Waals surface area contributed by atoms with Gasteiger partial charge in [0.25, 0.3) is 5.91 Å². The van der Waals surface area contributed by atoms with Crippen LogP contribution in [0.25, 0.3) is 10.8 Å². The van der Waals surface area contributed by atoms with E-state index in [9.17, 15) is 27.6 Å². The summed E-state index contributed by atoms with van der Waals surface area (Å²) in [6, 6.07) is 2.95. The smallest absolute Gasteiger partial charge is 0.408 e. The molecule has 4 fully saturated rings. The lowest BCUT2D eigenvalue weighted by atomic mass is 9.85. The molecule has 5 atom stereocenters. The normalized spacial score (nSPS) is 25.3. The Balaban J connectivity index is 1.30. The molecular weight excluding hydrogens is 702 g/mol. The molecule has 1 aromatic carbocycles. The number of nitrogens with one attached hydrogen (secondary N) is 3. The molecule has 0 spiro atoms. The predicted octanol–water partition coefficient (Wildman–Crippen LogP) is 3.69. The van der Waals surface area contributed by atoms with Gasteiger partial charge in [-0.25, -0.2) is 18.2 Å². The summed E-state index contributed by atoms with van der Waals surface area (Å²) >= 11 is 6.33. The molecule has 51 heavy (non-hydrogen) atoms. The number of carbonyl (C=O) groups is 4. The van der Waals surface area contributed by atoms with E-state index in [1.54, 1.807) is 52.8 Å². The summed E-state index contributed by atoms with van der Waals surface area (Å²) in [6.07, 6.45) is 2.59. The van der Waals surface area contributed by atoms with Gasteiger partial charge in [0.2, 0.25) is 27.7 Å². The number of hydrogen-bond acceptors (Lipinski definition) is 10. The predicted molar refractivity (Wildman–Crippen MR) is 188 cm³/mol. The fourth-order valence-electron chi connectivity index (χ4n) is 6.94. The third-order valence-electron chi connectivity index (χ3n) is 10.00. The summed E-state index contributed by atoms with van der Waals surface area (Å²) in [5.41, 5.74) is -2.22. The highest BCUT2D eigenvalue weighted by Gasteiger charge is 2.67. The molecule has 16 heteroatoms. The van der Waals surface area contributed by atoms with Crippen LogP contribution in [-0.2, 0) is 29.1 Å². The number of halogens is 1. The topological polar surface area (TPSA) is 182 Å². The number of amides is 4. The minimum absolute atomic E-state index is 0.0206. The molecular formula is C35H46ClN5O9S. The van der Waals surface area contributed by atoms with Crippen molar-refractivity contribution in [1.82, 2.24) is 25.2 Å². The number of pyridine rings is 1. The molecule has 0 unspecified atom stereocenters. The monoisotopic (exact) mass is 747 g/mol. The van der Waals surface area contributed by atoms with Gasteiger partial charge in [0.1, 0.15) is 29.5 Å². The van der Waals surface area contributed by atoms with Crippen molar-refractivity contribution in [2.24, 2.45) is 17.3 Å². The summed E-state index contributed by atoms with van der Waals surface area (Å²) in [5, 5.41) is 6.68. The SMILES string of the molecule is COc1cnc(O[C@@H]2C[C@@H](C(=O)N[C@]3(C(=O)NS(=O)(=O)C4CC4)C[C@H]3C3CC3)N(C(=O)[C@@H](NC(=O)OC(C)C)C(C)(C)C)C2)c2cc(Cl)ccc12. The zero-order valence-electron chi connectivity index (χ0n) is 29.7. The maximum atomic E-state index is 14.4. The highest BCUT2D eigenvalue weighted by atomic mass is 35.5. The second kappa shape index (κ2) is 13.6. The van der Waals surface area contributed by atoms with Crippen LogP contribution < -0.4 is 24.8 Å². The van der Waals surface area contributed by atoms with Gasteiger partial charge in [-0.3, -0.25) is 19.1 Å². The lowest BCUT2D eigenvalue weighted by molar-refractivity contribution is -0.143. The number of methoxy groups -OCH3 is 1. The van der Waals surface area contributed by atoms with Gasteiger partial charge in [-0.1, -0.05) is 32.4 Å². The van der Waals surface area contributed by atoms with Crippen molar-refractivity contribution in [1.29, 1.82) is 0 Å². The highest BCUT2D eigenvalue weighted by Crippen LogP contribution is 2.57. The van der Waals surface area contributed by atoms with E-state index in [4.69, 9.17) is 25.8 Å². The lowest BCUT2D eigenvalue weighted by Gasteiger charge is -2.35. The average Bonchev–Trinajstić information content (AvgIpc) is 3.91. The van der Waals surface area contributed by atoms with Gasteiger partial charge in [-0.15, -0.1) is 0 Å². The molecule has 1 saturated heterocycles. The van der Waals surface area contributed by atoms with Crippen molar-refractivity contribution in [2.75, 3.05) is 13.7 Å². The van der Waals surface area contributed by atoms with E-state index >= 15 is 0 Å². The molecule has 2 aromatic rings. The summed E-state index contributed by atoms with van der Waals surface area (Å²) in [5.74, 6) is -1.22. The van der Waals surface area contributed by atoms with Gasteiger partial charge in [-0.2, -0.15) is 0 Å². The molecule has 278 valence electrons. The first-order valence-corrected chi connectivity index (χ1v) is 19.3. The molecule has 0 bridgehead atoms. The number of carbonyl (C=O) groups excluding carboxylic acids is 4. The maximum Gasteiger partial charge on any atom is 0.408 e. The molecule has 3 saturated carbocycles. The van der Waals surface area contributed by atoms with Gasteiger partial charge >= 0.3 is 6.09 Å². The number of fused-ring (bicyclic) bond motifs is 1. The van der Waals surface area contributed by atoms with Crippen LogP contribution >= 0.6 is 11.6 Å². The molecule has 3 aliphatic carbocycles. The summed E-state index contributed by atoms with van der Waals surface area (Å²) in [6.45, 7) is 8.67. The average molecular weight is 748 g/mol. The number of likely N-dealkylation sites (tertiary alicyclic amines) is 1. The Morgan fingerprint density at radius 1 is 1.08 bits per heavy atom. The van der Waals surface area contributed by atoms with Gasteiger partial charge in [0.15, 0.2) is 0 Å². The number of hydrogen-bond donors (Lipinski definition) is 3. The third kappa shape index (κ3) is 7.84. The minimum atomic E-state index is -3.87. The lowest BCUT2D eigenvalue weighted by Crippen LogP contribution is -2.60. The van der Waals surface area contributed by atoms with Crippen LogP contribution in [0.4, 0.5) is 4.79 Å². The zero-order chi connectivity index (χ0) is 37.0. The quantitative estimate of drug-likeness (QED) is 0.290. The Labute approximate surface area is 302 Å². The Kier molecular flexibility index (Phi) is 9.85. The van der Waals surface area contributed by atoms with Gasteiger partial charge in [-0.05, 0) is 81.4 Å². The van der Waals surface area contributed by atoms with E-state index in [0.29, 0.717) is 40.8 Å². The molecule has 0 radical (unpaired) electrons. The first-order chi connectivity index (χ1) is 23.9. The molecule has 4 aliphatic rings. The van der Waals surface area contributed by atoms with Gasteiger partial charge < -0.3 is 29.7 Å². The van der Waals surface area contributed by atoms with Crippen LogP contribution in [0, 0.1) is 17.3 Å². The molecule has 14 nitrogen and oxygen atoms in total. The molecule has 6 rings (SSSR count). The van der Waals surface area contributed by atoms with Crippen LogP contribution in [-0.4, -0.2) is 90.9 Å². The Morgan fingerprint density at radius 2 is 1.78 bits per heavy atom. The van der Waals surface area contributed by atoms with Crippen molar-refractivity contribution in [3.63, 3.8) is 0 Å². The van der Waals surface area contributed by atoms with E-state index in [2.05, 4.69) is 20.3 Å². The van der Waals surface area contributed by atoms with Crippen molar-refractivity contribution in [3.8, 4) is 11.6 Å². The fraction of sp³-hybridized carbons (Fsp3) is 0.629. The molecule has 3 N–H and O–H groups in total. The summed E-state index contributed by atoms with van der Waals surface area (Å²) < 4.78 is 44.9. The fourth-order valence-corrected chi connectivity index (χ4v) is 8.47. The Hall–Kier alpha value is -3.85. The largest absolute Gasteiger partial charge is 0.494 e. The molecule has 1 aliphatic heterocycles. The second-order valence-electron chi connectivity index (χ2n) is 15.5. The first-order valence-electron chi connectivity index (χ1n) is 17.4. The van der Waals surface area contributed by atoms with Crippen LogP contribution in [0.5, 0.6) is 11.6 Å². The third-order valence-corrected chi connectivity index (χ3v) is 12.1. The Morgan fingerprint density at radius 3 is 2.39 bits per heavy atom. The Bertz CT molecular complexity index is 1840. The van der Waals surface area contributed by atoms with Crippen molar-refractivity contribution in [3.05, 3.63) is 29.4 Å². The number of sulfonamides is 1. The van der Waals surface area contributed by atoms with E-state index in [-0.39, 0.29) is 30.7 Å². The number of aromatic nitrogens is 1. The van der Waals surface area contributed by atoms with Crippen LogP contribution in [0.3, 0.4) is 0 Å². The first kappa shape index (κ1) is 36.9. The molecule has 4 amide bonds. The summed E-state index contributed by atoms with van der Waals surface area (Å²) in [7, 11) is -2.35. The summed E-state index contributed by atoms with van der Waals surface area (Å²) in [4.78, 5) is 61.0. The minimum Gasteiger partial charge on any atom is -0.494 e. The zero-order valence-corrected chi connectivity index (χ0v) is 31.2.